The van der Waals surface area contributed by atoms with Gasteiger partial charge in [0, 0.05) is 15.1 Å². The lowest BCUT2D eigenvalue weighted by Crippen LogP contribution is -2.12. The van der Waals surface area contributed by atoms with Gasteiger partial charge in [0.15, 0.2) is 0 Å². The van der Waals surface area contributed by atoms with Crippen molar-refractivity contribution in [1.82, 2.24) is 9.97 Å². The number of fused-ring (bicyclic) bond motifs is 1. The highest BCUT2D eigenvalue weighted by Crippen LogP contribution is 2.26. The predicted molar refractivity (Wildman–Crippen MR) is 83.2 cm³/mol. The third kappa shape index (κ3) is 2.55. The first-order valence-electron chi connectivity index (χ1n) is 5.83. The van der Waals surface area contributed by atoms with E-state index < -0.39 is 0 Å². The number of amides is 1. The van der Waals surface area contributed by atoms with Gasteiger partial charge in [-0.25, -0.2) is 4.98 Å². The second-order valence-corrected chi connectivity index (χ2v) is 5.50. The number of aromatic nitrogens is 2. The molecule has 4 nitrogen and oxygen atoms in total. The molecule has 0 atom stereocenters. The Balaban J connectivity index is 1.90. The first-order valence-corrected chi connectivity index (χ1v) is 7.00. The van der Waals surface area contributed by atoms with E-state index in [9.17, 15) is 4.79 Å². The number of imidazole rings is 1. The molecule has 2 N–H and O–H groups in total. The van der Waals surface area contributed by atoms with Crippen molar-refractivity contribution in [2.75, 3.05) is 5.32 Å². The number of nitrogens with one attached hydrogen (secondary N) is 2. The summed E-state index contributed by atoms with van der Waals surface area (Å²) in [5, 5.41) is 3.38. The Bertz CT molecular complexity index is 800. The highest BCUT2D eigenvalue weighted by atomic mass is 79.9. The molecule has 6 heteroatoms. The van der Waals surface area contributed by atoms with Crippen LogP contribution >= 0.6 is 27.5 Å². The Labute approximate surface area is 128 Å². The Hall–Kier alpha value is -1.85. The molecule has 0 fully saturated rings. The highest BCUT2D eigenvalue weighted by Gasteiger charge is 2.10. The summed E-state index contributed by atoms with van der Waals surface area (Å²) in [6.45, 7) is 0. The first kappa shape index (κ1) is 13.1. The molecule has 0 aliphatic rings. The quantitative estimate of drug-likeness (QED) is 0.726. The summed E-state index contributed by atoms with van der Waals surface area (Å²) < 4.78 is 0.776. The van der Waals surface area contributed by atoms with E-state index in [1.54, 1.807) is 42.7 Å². The summed E-state index contributed by atoms with van der Waals surface area (Å²) in [6, 6.07) is 10.5. The monoisotopic (exact) mass is 349 g/mol. The van der Waals surface area contributed by atoms with Crippen LogP contribution in [0.15, 0.2) is 47.2 Å². The van der Waals surface area contributed by atoms with E-state index in [1.165, 1.54) is 0 Å². The van der Waals surface area contributed by atoms with E-state index in [0.717, 1.165) is 15.5 Å². The molecule has 100 valence electrons. The van der Waals surface area contributed by atoms with Gasteiger partial charge < -0.3 is 10.3 Å². The van der Waals surface area contributed by atoms with Crippen molar-refractivity contribution >= 4 is 50.2 Å². The van der Waals surface area contributed by atoms with Crippen LogP contribution in [-0.2, 0) is 0 Å². The molecule has 3 rings (SSSR count). The Kier molecular flexibility index (Phi) is 3.46. The highest BCUT2D eigenvalue weighted by molar-refractivity contribution is 9.10. The van der Waals surface area contributed by atoms with Crippen LogP contribution in [0.25, 0.3) is 11.0 Å². The van der Waals surface area contributed by atoms with Crippen LogP contribution in [0.5, 0.6) is 0 Å². The summed E-state index contributed by atoms with van der Waals surface area (Å²) in [4.78, 5) is 19.3. The van der Waals surface area contributed by atoms with E-state index in [-0.39, 0.29) is 5.91 Å². The van der Waals surface area contributed by atoms with Gasteiger partial charge in [0.05, 0.1) is 23.0 Å². The minimum absolute atomic E-state index is 0.204. The van der Waals surface area contributed by atoms with E-state index in [2.05, 4.69) is 31.2 Å². The molecule has 1 aromatic heterocycles. The van der Waals surface area contributed by atoms with Gasteiger partial charge in [-0.15, -0.1) is 0 Å². The van der Waals surface area contributed by atoms with Crippen LogP contribution in [0.2, 0.25) is 5.02 Å². The van der Waals surface area contributed by atoms with Crippen LogP contribution in [0.3, 0.4) is 0 Å². The summed E-state index contributed by atoms with van der Waals surface area (Å²) in [6.07, 6.45) is 1.60. The zero-order valence-electron chi connectivity index (χ0n) is 10.2. The first-order chi connectivity index (χ1) is 9.63. The average Bonchev–Trinajstić information content (AvgIpc) is 2.90. The van der Waals surface area contributed by atoms with Gasteiger partial charge in [0.25, 0.3) is 5.91 Å². The van der Waals surface area contributed by atoms with Crippen molar-refractivity contribution in [3.63, 3.8) is 0 Å². The molecule has 0 aliphatic heterocycles. The zero-order valence-corrected chi connectivity index (χ0v) is 12.5. The van der Waals surface area contributed by atoms with Crippen molar-refractivity contribution < 1.29 is 4.79 Å². The average molecular weight is 351 g/mol. The second-order valence-electron chi connectivity index (χ2n) is 4.21. The summed E-state index contributed by atoms with van der Waals surface area (Å²) in [5.74, 6) is -0.204. The number of carbonyl (C=O) groups is 1. The molecule has 20 heavy (non-hydrogen) atoms. The second kappa shape index (κ2) is 5.26. The molecule has 3 aromatic rings. The lowest BCUT2D eigenvalue weighted by atomic mass is 10.2. The number of H-pyrrole nitrogens is 1. The number of rotatable bonds is 2. The molecular formula is C14H9BrClN3O. The molecule has 1 heterocycles. The predicted octanol–water partition coefficient (Wildman–Crippen LogP) is 4.23. The van der Waals surface area contributed by atoms with E-state index in [1.807, 2.05) is 0 Å². The van der Waals surface area contributed by atoms with Gasteiger partial charge >= 0.3 is 0 Å². The number of anilines is 1. The van der Waals surface area contributed by atoms with Crippen molar-refractivity contribution in [2.24, 2.45) is 0 Å². The molecule has 1 amide bonds. The number of aromatic amines is 1. The molecule has 0 spiro atoms. The maximum Gasteiger partial charge on any atom is 0.255 e. The summed E-state index contributed by atoms with van der Waals surface area (Å²) in [5.41, 5.74) is 2.83. The fourth-order valence-corrected chi connectivity index (χ4v) is 2.38. The number of hydrogen-bond donors (Lipinski definition) is 2. The maximum absolute atomic E-state index is 12.2. The van der Waals surface area contributed by atoms with Crippen molar-refractivity contribution in [3.8, 4) is 0 Å². The minimum atomic E-state index is -0.204. The maximum atomic E-state index is 12.2. The van der Waals surface area contributed by atoms with Gasteiger partial charge in [-0.1, -0.05) is 11.6 Å². The molecule has 0 radical (unpaired) electrons. The smallest absolute Gasteiger partial charge is 0.255 e. The normalized spacial score (nSPS) is 10.7. The number of carbonyl (C=O) groups excluding carboxylic acids is 1. The Morgan fingerprint density at radius 1 is 1.25 bits per heavy atom. The number of nitrogens with zero attached hydrogens (tertiary/aromatic N) is 1. The third-order valence-electron chi connectivity index (χ3n) is 2.86. The third-order valence-corrected chi connectivity index (χ3v) is 3.79. The fourth-order valence-electron chi connectivity index (χ4n) is 1.86. The molecular weight excluding hydrogens is 342 g/mol. The molecule has 0 saturated heterocycles. The molecule has 0 bridgehead atoms. The number of hydrogen-bond acceptors (Lipinski definition) is 2. The van der Waals surface area contributed by atoms with Crippen LogP contribution < -0.4 is 5.32 Å². The van der Waals surface area contributed by atoms with Crippen LogP contribution in [-0.4, -0.2) is 15.9 Å². The van der Waals surface area contributed by atoms with Gasteiger partial charge in [-0.3, -0.25) is 4.79 Å². The Morgan fingerprint density at radius 2 is 2.10 bits per heavy atom. The van der Waals surface area contributed by atoms with E-state index >= 15 is 0 Å². The fraction of sp³-hybridized carbons (Fsp3) is 0. The van der Waals surface area contributed by atoms with Crippen molar-refractivity contribution in [1.29, 1.82) is 0 Å². The largest absolute Gasteiger partial charge is 0.345 e. The standard InChI is InChI=1S/C14H9BrClN3O/c15-10-3-2-9(16)6-12(10)19-14(20)8-1-4-11-13(5-8)18-7-17-11/h1-7H,(H,17,18)(H,19,20). The Morgan fingerprint density at radius 3 is 2.95 bits per heavy atom. The SMILES string of the molecule is O=C(Nc1cc(Cl)ccc1Br)c1ccc2nc[nH]c2c1. The molecule has 0 unspecified atom stereocenters. The van der Waals surface area contributed by atoms with E-state index in [0.29, 0.717) is 16.3 Å². The number of benzene rings is 2. The minimum Gasteiger partial charge on any atom is -0.345 e. The topological polar surface area (TPSA) is 57.8 Å². The van der Waals surface area contributed by atoms with Crippen molar-refractivity contribution in [2.45, 2.75) is 0 Å². The lowest BCUT2D eigenvalue weighted by Gasteiger charge is -2.08. The zero-order chi connectivity index (χ0) is 14.1. The lowest BCUT2D eigenvalue weighted by molar-refractivity contribution is 0.102. The molecule has 0 saturated carbocycles. The van der Waals surface area contributed by atoms with Gasteiger partial charge in [-0.05, 0) is 52.3 Å². The molecule has 2 aromatic carbocycles. The summed E-state index contributed by atoms with van der Waals surface area (Å²) in [7, 11) is 0. The van der Waals surface area contributed by atoms with Gasteiger partial charge in [0.2, 0.25) is 0 Å². The van der Waals surface area contributed by atoms with Crippen LogP contribution in [0.1, 0.15) is 10.4 Å². The number of halogens is 2. The van der Waals surface area contributed by atoms with Crippen LogP contribution in [0, 0.1) is 0 Å². The van der Waals surface area contributed by atoms with Gasteiger partial charge in [-0.2, -0.15) is 0 Å². The van der Waals surface area contributed by atoms with E-state index in [4.69, 9.17) is 11.6 Å². The van der Waals surface area contributed by atoms with Crippen LogP contribution in [0.4, 0.5) is 5.69 Å². The van der Waals surface area contributed by atoms with Gasteiger partial charge in [0.1, 0.15) is 0 Å². The van der Waals surface area contributed by atoms with Crippen molar-refractivity contribution in [3.05, 3.63) is 57.8 Å². The summed E-state index contributed by atoms with van der Waals surface area (Å²) >= 11 is 9.30. The molecule has 0 aliphatic carbocycles.